The highest BCUT2D eigenvalue weighted by Gasteiger charge is 2.35. The molecule has 144 valence electrons. The maximum absolute atomic E-state index is 13.6. The lowest BCUT2D eigenvalue weighted by atomic mass is 9.91. The van der Waals surface area contributed by atoms with E-state index in [-0.39, 0.29) is 11.9 Å². The van der Waals surface area contributed by atoms with Crippen molar-refractivity contribution in [3.63, 3.8) is 0 Å². The number of aromatic nitrogens is 1. The highest BCUT2D eigenvalue weighted by Crippen LogP contribution is 2.39. The summed E-state index contributed by atoms with van der Waals surface area (Å²) < 4.78 is 0. The van der Waals surface area contributed by atoms with Crippen molar-refractivity contribution in [3.8, 4) is 0 Å². The minimum Gasteiger partial charge on any atom is -0.356 e. The number of hydrogen-bond acceptors (Lipinski definition) is 1. The summed E-state index contributed by atoms with van der Waals surface area (Å²) in [4.78, 5) is 19.3. The Bertz CT molecular complexity index is 1220. The summed E-state index contributed by atoms with van der Waals surface area (Å²) in [5.74, 6) is 0.0962. The fourth-order valence-corrected chi connectivity index (χ4v) is 4.61. The molecule has 4 aromatic rings. The standard InChI is InChI=1S/C26H24N2O/c1-17-8-7-10-19(16-17)25-24-22(21-12-5-6-13-23(21)27-24)14-15-28(25)26(29)20-11-4-3-9-18(20)2/h3-13,16,25,27H,14-15H2,1-2H3/t25-/m1/s1. The van der Waals surface area contributed by atoms with Crippen LogP contribution in [0.2, 0.25) is 0 Å². The predicted molar refractivity (Wildman–Crippen MR) is 117 cm³/mol. The van der Waals surface area contributed by atoms with Crippen molar-refractivity contribution in [3.05, 3.63) is 106 Å². The molecule has 3 heteroatoms. The van der Waals surface area contributed by atoms with E-state index in [4.69, 9.17) is 0 Å². The van der Waals surface area contributed by atoms with Crippen molar-refractivity contribution in [2.75, 3.05) is 6.54 Å². The Labute approximate surface area is 171 Å². The van der Waals surface area contributed by atoms with Crippen molar-refractivity contribution >= 4 is 16.8 Å². The van der Waals surface area contributed by atoms with Crippen LogP contribution < -0.4 is 0 Å². The molecule has 0 aliphatic carbocycles. The van der Waals surface area contributed by atoms with Crippen molar-refractivity contribution < 1.29 is 4.79 Å². The molecular formula is C26H24N2O. The Balaban J connectivity index is 1.69. The maximum atomic E-state index is 13.6. The van der Waals surface area contributed by atoms with Gasteiger partial charge in [-0.1, -0.05) is 66.2 Å². The number of aryl methyl sites for hydroxylation is 2. The van der Waals surface area contributed by atoms with E-state index in [0.29, 0.717) is 6.54 Å². The van der Waals surface area contributed by atoms with Gasteiger partial charge in [0.1, 0.15) is 0 Å². The van der Waals surface area contributed by atoms with Crippen LogP contribution in [0.25, 0.3) is 10.9 Å². The number of H-pyrrole nitrogens is 1. The number of nitrogens with zero attached hydrogens (tertiary/aromatic N) is 1. The van der Waals surface area contributed by atoms with Gasteiger partial charge < -0.3 is 9.88 Å². The van der Waals surface area contributed by atoms with E-state index in [9.17, 15) is 4.79 Å². The summed E-state index contributed by atoms with van der Waals surface area (Å²) in [5.41, 5.74) is 7.77. The number of para-hydroxylation sites is 1. The minimum absolute atomic E-state index is 0.0962. The zero-order valence-electron chi connectivity index (χ0n) is 16.8. The number of hydrogen-bond donors (Lipinski definition) is 1. The average Bonchev–Trinajstić information content (AvgIpc) is 3.11. The predicted octanol–water partition coefficient (Wildman–Crippen LogP) is 5.57. The lowest BCUT2D eigenvalue weighted by Gasteiger charge is -2.36. The van der Waals surface area contributed by atoms with Gasteiger partial charge in [0.25, 0.3) is 5.91 Å². The molecule has 3 nitrogen and oxygen atoms in total. The molecule has 1 atom stereocenters. The van der Waals surface area contributed by atoms with Crippen LogP contribution in [0.5, 0.6) is 0 Å². The van der Waals surface area contributed by atoms with E-state index in [0.717, 1.165) is 34.3 Å². The summed E-state index contributed by atoms with van der Waals surface area (Å²) in [6.07, 6.45) is 0.860. The molecule has 1 aliphatic heterocycles. The highest BCUT2D eigenvalue weighted by atomic mass is 16.2. The summed E-state index contributed by atoms with van der Waals surface area (Å²) in [5, 5.41) is 1.27. The highest BCUT2D eigenvalue weighted by molar-refractivity contribution is 5.97. The fraction of sp³-hybridized carbons (Fsp3) is 0.192. The van der Waals surface area contributed by atoms with Gasteiger partial charge in [-0.05, 0) is 49.1 Å². The number of aromatic amines is 1. The summed E-state index contributed by atoms with van der Waals surface area (Å²) in [6.45, 7) is 4.82. The Morgan fingerprint density at radius 3 is 2.59 bits per heavy atom. The van der Waals surface area contributed by atoms with Crippen LogP contribution in [-0.4, -0.2) is 22.3 Å². The maximum Gasteiger partial charge on any atom is 0.254 e. The SMILES string of the molecule is Cc1cccc([C@@H]2c3[nH]c4ccccc4c3CCN2C(=O)c2ccccc2C)c1. The van der Waals surface area contributed by atoms with E-state index in [1.54, 1.807) is 0 Å². The van der Waals surface area contributed by atoms with Crippen LogP contribution in [-0.2, 0) is 6.42 Å². The number of fused-ring (bicyclic) bond motifs is 3. The van der Waals surface area contributed by atoms with Crippen molar-refractivity contribution in [2.45, 2.75) is 26.3 Å². The molecular weight excluding hydrogens is 356 g/mol. The molecule has 1 aliphatic rings. The smallest absolute Gasteiger partial charge is 0.254 e. The van der Waals surface area contributed by atoms with Crippen molar-refractivity contribution in [1.82, 2.24) is 9.88 Å². The largest absolute Gasteiger partial charge is 0.356 e. The summed E-state index contributed by atoms with van der Waals surface area (Å²) in [7, 11) is 0. The lowest BCUT2D eigenvalue weighted by Crippen LogP contribution is -2.40. The van der Waals surface area contributed by atoms with Crippen LogP contribution in [0.4, 0.5) is 0 Å². The lowest BCUT2D eigenvalue weighted by molar-refractivity contribution is 0.0691. The van der Waals surface area contributed by atoms with Gasteiger partial charge in [-0.25, -0.2) is 0 Å². The molecule has 1 aromatic heterocycles. The second kappa shape index (κ2) is 6.93. The fourth-order valence-electron chi connectivity index (χ4n) is 4.61. The number of nitrogens with one attached hydrogen (secondary N) is 1. The number of benzene rings is 3. The molecule has 0 unspecified atom stereocenters. The van der Waals surface area contributed by atoms with E-state index in [1.165, 1.54) is 16.5 Å². The van der Waals surface area contributed by atoms with Crippen LogP contribution in [0, 0.1) is 13.8 Å². The second-order valence-corrected chi connectivity index (χ2v) is 7.94. The number of carbonyl (C=O) groups excluding carboxylic acids is 1. The van der Waals surface area contributed by atoms with Gasteiger partial charge in [0.15, 0.2) is 0 Å². The minimum atomic E-state index is -0.113. The molecule has 0 bridgehead atoms. The molecule has 2 heterocycles. The first-order chi connectivity index (χ1) is 14.1. The van der Waals surface area contributed by atoms with Crippen molar-refractivity contribution in [2.24, 2.45) is 0 Å². The quantitative estimate of drug-likeness (QED) is 0.485. The molecule has 0 radical (unpaired) electrons. The summed E-state index contributed by atoms with van der Waals surface area (Å²) >= 11 is 0. The van der Waals surface area contributed by atoms with Gasteiger partial charge in [0.2, 0.25) is 0 Å². The molecule has 0 saturated heterocycles. The van der Waals surface area contributed by atoms with E-state index >= 15 is 0 Å². The third-order valence-electron chi connectivity index (χ3n) is 6.03. The van der Waals surface area contributed by atoms with Gasteiger partial charge in [-0.15, -0.1) is 0 Å². The second-order valence-electron chi connectivity index (χ2n) is 7.94. The number of rotatable bonds is 2. The first-order valence-electron chi connectivity index (χ1n) is 10.2. The van der Waals surface area contributed by atoms with E-state index < -0.39 is 0 Å². The van der Waals surface area contributed by atoms with Gasteiger partial charge >= 0.3 is 0 Å². The van der Waals surface area contributed by atoms with E-state index in [2.05, 4.69) is 60.4 Å². The summed E-state index contributed by atoms with van der Waals surface area (Å²) in [6, 6.07) is 24.7. The zero-order valence-corrected chi connectivity index (χ0v) is 16.8. The van der Waals surface area contributed by atoms with Crippen LogP contribution >= 0.6 is 0 Å². The van der Waals surface area contributed by atoms with Gasteiger partial charge in [-0.3, -0.25) is 4.79 Å². The number of carbonyl (C=O) groups is 1. The van der Waals surface area contributed by atoms with Crippen LogP contribution in [0.15, 0.2) is 72.8 Å². The van der Waals surface area contributed by atoms with Crippen LogP contribution in [0.1, 0.15) is 44.3 Å². The van der Waals surface area contributed by atoms with Crippen molar-refractivity contribution in [1.29, 1.82) is 0 Å². The van der Waals surface area contributed by atoms with Gasteiger partial charge in [0, 0.05) is 28.7 Å². The molecule has 0 fully saturated rings. The van der Waals surface area contributed by atoms with Crippen LogP contribution in [0.3, 0.4) is 0 Å². The molecule has 0 saturated carbocycles. The first kappa shape index (κ1) is 17.7. The molecule has 0 spiro atoms. The van der Waals surface area contributed by atoms with Gasteiger partial charge in [0.05, 0.1) is 6.04 Å². The Kier molecular flexibility index (Phi) is 4.24. The third-order valence-corrected chi connectivity index (χ3v) is 6.03. The molecule has 29 heavy (non-hydrogen) atoms. The topological polar surface area (TPSA) is 36.1 Å². The number of amides is 1. The Morgan fingerprint density at radius 2 is 1.76 bits per heavy atom. The van der Waals surface area contributed by atoms with Gasteiger partial charge in [-0.2, -0.15) is 0 Å². The molecule has 1 amide bonds. The molecule has 1 N–H and O–H groups in total. The first-order valence-corrected chi connectivity index (χ1v) is 10.2. The molecule has 5 rings (SSSR count). The average molecular weight is 380 g/mol. The molecule has 3 aromatic carbocycles. The third kappa shape index (κ3) is 2.94. The monoisotopic (exact) mass is 380 g/mol. The normalized spacial score (nSPS) is 16.1. The Morgan fingerprint density at radius 1 is 0.966 bits per heavy atom. The Hall–Kier alpha value is -3.33. The zero-order chi connectivity index (χ0) is 20.0. The van der Waals surface area contributed by atoms with E-state index in [1.807, 2.05) is 36.1 Å².